The van der Waals surface area contributed by atoms with Crippen LogP contribution in [0.4, 0.5) is 5.95 Å². The van der Waals surface area contributed by atoms with Gasteiger partial charge >= 0.3 is 0 Å². The first-order valence-electron chi connectivity index (χ1n) is 8.73. The Hall–Kier alpha value is -2.66. The number of anilines is 1. The van der Waals surface area contributed by atoms with Crippen molar-refractivity contribution >= 4 is 16.9 Å². The normalized spacial score (nSPS) is 14.8. The number of nitrogens with one attached hydrogen (secondary N) is 1. The van der Waals surface area contributed by atoms with Crippen LogP contribution in [0.3, 0.4) is 0 Å². The minimum Gasteiger partial charge on any atom is -0.340 e. The van der Waals surface area contributed by atoms with Crippen LogP contribution in [0.1, 0.15) is 11.1 Å². The molecular weight excluding hydrogens is 312 g/mol. The van der Waals surface area contributed by atoms with Gasteiger partial charge in [-0.25, -0.2) is 4.98 Å². The lowest BCUT2D eigenvalue weighted by molar-refractivity contribution is 0.564. The van der Waals surface area contributed by atoms with Gasteiger partial charge in [-0.15, -0.1) is 0 Å². The highest BCUT2D eigenvalue weighted by Gasteiger charge is 2.19. The van der Waals surface area contributed by atoms with E-state index in [0.29, 0.717) is 11.9 Å². The van der Waals surface area contributed by atoms with E-state index >= 15 is 0 Å². The number of piperazine rings is 1. The lowest BCUT2D eigenvalue weighted by Crippen LogP contribution is -2.46. The Morgan fingerprint density at radius 1 is 1.08 bits per heavy atom. The lowest BCUT2D eigenvalue weighted by Gasteiger charge is -2.30. The van der Waals surface area contributed by atoms with Crippen LogP contribution in [-0.4, -0.2) is 35.7 Å². The number of hydrogen-bond acceptors (Lipinski definition) is 4. The molecule has 2 aromatic carbocycles. The zero-order valence-electron chi connectivity index (χ0n) is 14.4. The quantitative estimate of drug-likeness (QED) is 0.797. The fourth-order valence-electron chi connectivity index (χ4n) is 3.40. The summed E-state index contributed by atoms with van der Waals surface area (Å²) < 4.78 is 1.82. The van der Waals surface area contributed by atoms with E-state index in [1.165, 1.54) is 5.56 Å². The SMILES string of the molecule is Cc1cccc(Cn2c(N3CCNCC3)nc3ccccc3c2=O)c1. The predicted octanol–water partition coefficient (Wildman–Crippen LogP) is 2.16. The fourth-order valence-corrected chi connectivity index (χ4v) is 3.40. The van der Waals surface area contributed by atoms with E-state index in [1.54, 1.807) is 0 Å². The Morgan fingerprint density at radius 3 is 2.68 bits per heavy atom. The standard InChI is InChI=1S/C20H22N4O/c1-15-5-4-6-16(13-15)14-24-19(25)17-7-2-3-8-18(17)22-20(24)23-11-9-21-10-12-23/h2-8,13,21H,9-12,14H2,1H3. The summed E-state index contributed by atoms with van der Waals surface area (Å²) in [5.74, 6) is 0.770. The maximum atomic E-state index is 13.2. The molecule has 1 aromatic heterocycles. The third kappa shape index (κ3) is 3.15. The molecular formula is C20H22N4O. The molecule has 128 valence electrons. The number of aryl methyl sites for hydroxylation is 1. The third-order valence-electron chi connectivity index (χ3n) is 4.66. The summed E-state index contributed by atoms with van der Waals surface area (Å²) in [6.07, 6.45) is 0. The molecule has 4 rings (SSSR count). The van der Waals surface area contributed by atoms with Crippen LogP contribution in [0.2, 0.25) is 0 Å². The molecule has 0 atom stereocenters. The highest BCUT2D eigenvalue weighted by atomic mass is 16.1. The number of fused-ring (bicyclic) bond motifs is 1. The second-order valence-corrected chi connectivity index (χ2v) is 6.55. The average molecular weight is 334 g/mol. The van der Waals surface area contributed by atoms with Gasteiger partial charge in [0.2, 0.25) is 5.95 Å². The van der Waals surface area contributed by atoms with Gasteiger partial charge in [-0.3, -0.25) is 9.36 Å². The number of rotatable bonds is 3. The van der Waals surface area contributed by atoms with Gasteiger partial charge in [0.05, 0.1) is 17.4 Å². The molecule has 0 unspecified atom stereocenters. The van der Waals surface area contributed by atoms with Crippen LogP contribution in [0.15, 0.2) is 53.3 Å². The molecule has 0 spiro atoms. The third-order valence-corrected chi connectivity index (χ3v) is 4.66. The van der Waals surface area contributed by atoms with Crippen LogP contribution in [-0.2, 0) is 6.54 Å². The molecule has 1 fully saturated rings. The summed E-state index contributed by atoms with van der Waals surface area (Å²) in [6.45, 7) is 6.15. The summed E-state index contributed by atoms with van der Waals surface area (Å²) in [6, 6.07) is 15.9. The van der Waals surface area contributed by atoms with Crippen molar-refractivity contribution in [3.63, 3.8) is 0 Å². The molecule has 2 heterocycles. The summed E-state index contributed by atoms with van der Waals surface area (Å²) in [7, 11) is 0. The first-order chi connectivity index (χ1) is 12.2. The van der Waals surface area contributed by atoms with Crippen molar-refractivity contribution in [1.29, 1.82) is 0 Å². The molecule has 5 heteroatoms. The van der Waals surface area contributed by atoms with E-state index < -0.39 is 0 Å². The number of aromatic nitrogens is 2. The lowest BCUT2D eigenvalue weighted by atomic mass is 10.1. The molecule has 0 bridgehead atoms. The van der Waals surface area contributed by atoms with Crippen LogP contribution in [0.25, 0.3) is 10.9 Å². The van der Waals surface area contributed by atoms with Crippen LogP contribution < -0.4 is 15.8 Å². The molecule has 1 saturated heterocycles. The molecule has 25 heavy (non-hydrogen) atoms. The predicted molar refractivity (Wildman–Crippen MR) is 101 cm³/mol. The zero-order valence-corrected chi connectivity index (χ0v) is 14.4. The van der Waals surface area contributed by atoms with Gasteiger partial charge in [-0.05, 0) is 24.6 Å². The van der Waals surface area contributed by atoms with Crippen molar-refractivity contribution in [2.75, 3.05) is 31.1 Å². The van der Waals surface area contributed by atoms with Crippen molar-refractivity contribution in [1.82, 2.24) is 14.9 Å². The average Bonchev–Trinajstić information content (AvgIpc) is 2.65. The van der Waals surface area contributed by atoms with Crippen molar-refractivity contribution in [3.8, 4) is 0 Å². The first-order valence-corrected chi connectivity index (χ1v) is 8.73. The molecule has 0 saturated carbocycles. The smallest absolute Gasteiger partial charge is 0.263 e. The molecule has 1 aliphatic heterocycles. The van der Waals surface area contributed by atoms with Gasteiger partial charge in [0.25, 0.3) is 5.56 Å². The summed E-state index contributed by atoms with van der Waals surface area (Å²) in [4.78, 5) is 20.2. The van der Waals surface area contributed by atoms with Crippen molar-refractivity contribution in [2.45, 2.75) is 13.5 Å². The Labute approximate surface area is 146 Å². The van der Waals surface area contributed by atoms with E-state index in [0.717, 1.165) is 43.2 Å². The number of benzene rings is 2. The van der Waals surface area contributed by atoms with Gasteiger partial charge in [0.15, 0.2) is 0 Å². The molecule has 1 aliphatic rings. The van der Waals surface area contributed by atoms with Crippen molar-refractivity contribution < 1.29 is 0 Å². The molecule has 3 aromatic rings. The Kier molecular flexibility index (Phi) is 4.24. The van der Waals surface area contributed by atoms with E-state index in [9.17, 15) is 4.79 Å². The van der Waals surface area contributed by atoms with E-state index in [2.05, 4.69) is 35.3 Å². The van der Waals surface area contributed by atoms with Gasteiger partial charge in [0.1, 0.15) is 0 Å². The largest absolute Gasteiger partial charge is 0.340 e. The topological polar surface area (TPSA) is 50.2 Å². The van der Waals surface area contributed by atoms with Crippen molar-refractivity contribution in [2.24, 2.45) is 0 Å². The second-order valence-electron chi connectivity index (χ2n) is 6.55. The molecule has 0 radical (unpaired) electrons. The summed E-state index contributed by atoms with van der Waals surface area (Å²) >= 11 is 0. The number of nitrogens with zero attached hydrogens (tertiary/aromatic N) is 3. The summed E-state index contributed by atoms with van der Waals surface area (Å²) in [5.41, 5.74) is 3.11. The van der Waals surface area contributed by atoms with E-state index in [4.69, 9.17) is 4.98 Å². The maximum absolute atomic E-state index is 13.2. The maximum Gasteiger partial charge on any atom is 0.263 e. The van der Waals surface area contributed by atoms with Gasteiger partial charge in [-0.2, -0.15) is 0 Å². The number of para-hydroxylation sites is 1. The fraction of sp³-hybridized carbons (Fsp3) is 0.300. The highest BCUT2D eigenvalue weighted by molar-refractivity contribution is 5.78. The number of hydrogen-bond donors (Lipinski definition) is 1. The van der Waals surface area contributed by atoms with Crippen LogP contribution >= 0.6 is 0 Å². The van der Waals surface area contributed by atoms with Crippen molar-refractivity contribution in [3.05, 3.63) is 70.0 Å². The van der Waals surface area contributed by atoms with Gasteiger partial charge in [-0.1, -0.05) is 42.0 Å². The zero-order chi connectivity index (χ0) is 17.2. The monoisotopic (exact) mass is 334 g/mol. The van der Waals surface area contributed by atoms with Crippen LogP contribution in [0.5, 0.6) is 0 Å². The Bertz CT molecular complexity index is 957. The van der Waals surface area contributed by atoms with E-state index in [1.807, 2.05) is 34.9 Å². The van der Waals surface area contributed by atoms with Crippen LogP contribution in [0, 0.1) is 6.92 Å². The Morgan fingerprint density at radius 2 is 1.88 bits per heavy atom. The summed E-state index contributed by atoms with van der Waals surface area (Å²) in [5, 5.41) is 4.03. The minimum absolute atomic E-state index is 0.0284. The molecule has 0 aliphatic carbocycles. The first kappa shape index (κ1) is 15.8. The molecule has 5 nitrogen and oxygen atoms in total. The molecule has 0 amide bonds. The van der Waals surface area contributed by atoms with Gasteiger partial charge < -0.3 is 10.2 Å². The Balaban J connectivity index is 1.87. The highest BCUT2D eigenvalue weighted by Crippen LogP contribution is 2.17. The van der Waals surface area contributed by atoms with Gasteiger partial charge in [0, 0.05) is 26.2 Å². The second kappa shape index (κ2) is 6.69. The minimum atomic E-state index is 0.0284. The molecule has 1 N–H and O–H groups in total. The van der Waals surface area contributed by atoms with E-state index in [-0.39, 0.29) is 5.56 Å².